The van der Waals surface area contributed by atoms with Crippen LogP contribution in [-0.2, 0) is 4.74 Å². The Kier molecular flexibility index (Phi) is 3.74. The summed E-state index contributed by atoms with van der Waals surface area (Å²) in [4.78, 5) is 21.7. The molecule has 2 N–H and O–H groups in total. The highest BCUT2D eigenvalue weighted by molar-refractivity contribution is 5.88. The van der Waals surface area contributed by atoms with Crippen LogP contribution in [0.25, 0.3) is 0 Å². The third-order valence-electron chi connectivity index (χ3n) is 2.58. The van der Waals surface area contributed by atoms with E-state index in [0.717, 1.165) is 0 Å². The van der Waals surface area contributed by atoms with Gasteiger partial charge in [-0.1, -0.05) is 0 Å². The van der Waals surface area contributed by atoms with E-state index in [1.54, 1.807) is 0 Å². The number of nitrogens with one attached hydrogen (secondary N) is 1. The van der Waals surface area contributed by atoms with Gasteiger partial charge < -0.3 is 24.6 Å². The van der Waals surface area contributed by atoms with E-state index in [2.05, 4.69) is 5.32 Å². The summed E-state index contributed by atoms with van der Waals surface area (Å²) in [5.74, 6) is -0.339. The lowest BCUT2D eigenvalue weighted by atomic mass is 10.2. The van der Waals surface area contributed by atoms with Crippen LogP contribution in [-0.4, -0.2) is 43.5 Å². The number of benzene rings is 1. The number of carboxylic acid groups (broad SMARTS) is 1. The smallest absolute Gasteiger partial charge is 0.407 e. The van der Waals surface area contributed by atoms with Crippen LogP contribution >= 0.6 is 0 Å². The van der Waals surface area contributed by atoms with Crippen molar-refractivity contribution in [2.24, 2.45) is 0 Å². The van der Waals surface area contributed by atoms with Crippen molar-refractivity contribution in [3.8, 4) is 11.5 Å². The van der Waals surface area contributed by atoms with Gasteiger partial charge in [-0.05, 0) is 18.2 Å². The van der Waals surface area contributed by atoms with Crippen LogP contribution in [0.3, 0.4) is 0 Å². The lowest BCUT2D eigenvalue weighted by Crippen LogP contribution is -2.22. The first-order chi connectivity index (χ1) is 9.10. The van der Waals surface area contributed by atoms with Crippen molar-refractivity contribution in [1.29, 1.82) is 0 Å². The van der Waals surface area contributed by atoms with Crippen molar-refractivity contribution in [2.45, 2.75) is 6.10 Å². The molecule has 1 aliphatic rings. The third-order valence-corrected chi connectivity index (χ3v) is 2.58. The summed E-state index contributed by atoms with van der Waals surface area (Å²) in [6.45, 7) is 0.484. The second-order valence-electron chi connectivity index (χ2n) is 3.89. The minimum atomic E-state index is -1.05. The van der Waals surface area contributed by atoms with E-state index >= 15 is 0 Å². The zero-order valence-electron chi connectivity index (χ0n) is 10.2. The summed E-state index contributed by atoms with van der Waals surface area (Å²) in [7, 11) is 1.46. The van der Waals surface area contributed by atoms with Crippen LogP contribution in [0.4, 0.5) is 4.79 Å². The molecular weight excluding hydrogens is 254 g/mol. The number of carbonyl (C=O) groups excluding carboxylic acids is 1. The van der Waals surface area contributed by atoms with Gasteiger partial charge in [0, 0.05) is 0 Å². The maximum absolute atomic E-state index is 10.9. The van der Waals surface area contributed by atoms with E-state index in [1.807, 2.05) is 0 Å². The number of methoxy groups -OCH3 is 1. The topological polar surface area (TPSA) is 94.1 Å². The molecule has 102 valence electrons. The van der Waals surface area contributed by atoms with E-state index in [4.69, 9.17) is 19.3 Å². The molecule has 7 heteroatoms. The number of hydrogen-bond donors (Lipinski definition) is 2. The van der Waals surface area contributed by atoms with E-state index in [1.165, 1.54) is 25.3 Å². The lowest BCUT2D eigenvalue weighted by Gasteiger charge is -2.13. The van der Waals surface area contributed by atoms with Gasteiger partial charge in [0.25, 0.3) is 0 Å². The van der Waals surface area contributed by atoms with Crippen LogP contribution < -0.4 is 14.8 Å². The molecule has 1 atom stereocenters. The SMILES string of the molecule is COc1ccc(C(=O)O)cc1OCC1CNC(=O)O1. The number of carboxylic acids is 1. The maximum atomic E-state index is 10.9. The van der Waals surface area contributed by atoms with Crippen molar-refractivity contribution in [1.82, 2.24) is 5.32 Å². The molecule has 0 aromatic heterocycles. The summed E-state index contributed by atoms with van der Waals surface area (Å²) in [6, 6.07) is 4.30. The quantitative estimate of drug-likeness (QED) is 0.822. The molecule has 1 amide bonds. The molecule has 2 rings (SSSR count). The predicted octanol–water partition coefficient (Wildman–Crippen LogP) is 0.881. The molecule has 0 aliphatic carbocycles. The fourth-order valence-corrected chi connectivity index (χ4v) is 1.63. The fraction of sp³-hybridized carbons (Fsp3) is 0.333. The Morgan fingerprint density at radius 1 is 1.53 bits per heavy atom. The molecule has 1 fully saturated rings. The van der Waals surface area contributed by atoms with Gasteiger partial charge in [-0.15, -0.1) is 0 Å². The number of ether oxygens (including phenoxy) is 3. The third kappa shape index (κ3) is 3.06. The highest BCUT2D eigenvalue weighted by Gasteiger charge is 2.23. The molecule has 1 saturated heterocycles. The summed E-state index contributed by atoms with van der Waals surface area (Å²) < 4.78 is 15.4. The molecule has 0 spiro atoms. The van der Waals surface area contributed by atoms with E-state index in [0.29, 0.717) is 18.0 Å². The van der Waals surface area contributed by atoms with Gasteiger partial charge in [-0.2, -0.15) is 0 Å². The average Bonchev–Trinajstić information content (AvgIpc) is 2.81. The largest absolute Gasteiger partial charge is 0.493 e. The minimum absolute atomic E-state index is 0.0948. The van der Waals surface area contributed by atoms with Crippen molar-refractivity contribution in [3.05, 3.63) is 23.8 Å². The summed E-state index contributed by atoms with van der Waals surface area (Å²) in [5.41, 5.74) is 0.0948. The number of aromatic carboxylic acids is 1. The Hall–Kier alpha value is -2.44. The van der Waals surface area contributed by atoms with E-state index in [9.17, 15) is 9.59 Å². The molecule has 0 bridgehead atoms. The Morgan fingerprint density at radius 2 is 2.32 bits per heavy atom. The van der Waals surface area contributed by atoms with Crippen LogP contribution in [0.1, 0.15) is 10.4 Å². The van der Waals surface area contributed by atoms with Crippen LogP contribution in [0, 0.1) is 0 Å². The first-order valence-corrected chi connectivity index (χ1v) is 5.58. The Labute approximate surface area is 109 Å². The average molecular weight is 267 g/mol. The summed E-state index contributed by atoms with van der Waals surface area (Å²) >= 11 is 0. The zero-order valence-corrected chi connectivity index (χ0v) is 10.2. The normalized spacial score (nSPS) is 17.5. The molecule has 7 nitrogen and oxygen atoms in total. The summed E-state index contributed by atoms with van der Waals surface area (Å²) in [5, 5.41) is 11.4. The number of cyclic esters (lactones) is 1. The number of amides is 1. The Balaban J connectivity index is 2.07. The number of alkyl carbamates (subject to hydrolysis) is 1. The predicted molar refractivity (Wildman–Crippen MR) is 63.7 cm³/mol. The van der Waals surface area contributed by atoms with Crippen molar-refractivity contribution in [2.75, 3.05) is 20.3 Å². The van der Waals surface area contributed by atoms with Gasteiger partial charge in [-0.3, -0.25) is 0 Å². The van der Waals surface area contributed by atoms with Gasteiger partial charge >= 0.3 is 12.1 Å². The van der Waals surface area contributed by atoms with Gasteiger partial charge in [0.05, 0.1) is 19.2 Å². The lowest BCUT2D eigenvalue weighted by molar-refractivity contribution is 0.0696. The number of hydrogen-bond acceptors (Lipinski definition) is 5. The molecule has 1 aromatic rings. The summed E-state index contributed by atoms with van der Waals surface area (Å²) in [6.07, 6.45) is -0.884. The highest BCUT2D eigenvalue weighted by Crippen LogP contribution is 2.28. The van der Waals surface area contributed by atoms with Crippen LogP contribution in [0.15, 0.2) is 18.2 Å². The zero-order chi connectivity index (χ0) is 13.8. The minimum Gasteiger partial charge on any atom is -0.493 e. The molecule has 0 radical (unpaired) electrons. The van der Waals surface area contributed by atoms with E-state index < -0.39 is 18.2 Å². The van der Waals surface area contributed by atoms with Crippen molar-refractivity contribution in [3.63, 3.8) is 0 Å². The van der Waals surface area contributed by atoms with Gasteiger partial charge in [-0.25, -0.2) is 9.59 Å². The van der Waals surface area contributed by atoms with Crippen LogP contribution in [0.5, 0.6) is 11.5 Å². The maximum Gasteiger partial charge on any atom is 0.407 e. The highest BCUT2D eigenvalue weighted by atomic mass is 16.6. The van der Waals surface area contributed by atoms with Crippen molar-refractivity contribution < 1.29 is 28.9 Å². The van der Waals surface area contributed by atoms with Crippen LogP contribution in [0.2, 0.25) is 0 Å². The van der Waals surface area contributed by atoms with Gasteiger partial charge in [0.2, 0.25) is 0 Å². The molecule has 19 heavy (non-hydrogen) atoms. The Morgan fingerprint density at radius 3 is 2.89 bits per heavy atom. The van der Waals surface area contributed by atoms with Gasteiger partial charge in [0.1, 0.15) is 6.61 Å². The molecular formula is C12H13NO6. The standard InChI is InChI=1S/C12H13NO6/c1-17-9-3-2-7(11(14)15)4-10(9)18-6-8-5-13-12(16)19-8/h2-4,8H,5-6H2,1H3,(H,13,16)(H,14,15). The molecule has 1 aromatic carbocycles. The number of rotatable bonds is 5. The Bertz CT molecular complexity index is 501. The second kappa shape index (κ2) is 5.47. The van der Waals surface area contributed by atoms with E-state index in [-0.39, 0.29) is 12.2 Å². The molecule has 0 saturated carbocycles. The fourth-order valence-electron chi connectivity index (χ4n) is 1.63. The first kappa shape index (κ1) is 13.0. The molecule has 1 aliphatic heterocycles. The first-order valence-electron chi connectivity index (χ1n) is 5.58. The molecule has 1 unspecified atom stereocenters. The second-order valence-corrected chi connectivity index (χ2v) is 3.89. The monoisotopic (exact) mass is 267 g/mol. The van der Waals surface area contributed by atoms with Gasteiger partial charge in [0.15, 0.2) is 17.6 Å². The molecule has 1 heterocycles. The van der Waals surface area contributed by atoms with Crippen molar-refractivity contribution >= 4 is 12.1 Å². The number of carbonyl (C=O) groups is 2.